The smallest absolute Gasteiger partial charge is 0.262 e. The highest BCUT2D eigenvalue weighted by atomic mass is 16.3. The molecule has 0 unspecified atom stereocenters. The van der Waals surface area contributed by atoms with Crippen LogP contribution in [0.2, 0.25) is 0 Å². The van der Waals surface area contributed by atoms with Gasteiger partial charge in [0.25, 0.3) is 5.56 Å². The summed E-state index contributed by atoms with van der Waals surface area (Å²) in [6.07, 6.45) is 4.91. The first kappa shape index (κ1) is 31.0. The minimum atomic E-state index is -1.11. The van der Waals surface area contributed by atoms with Gasteiger partial charge >= 0.3 is 0 Å². The number of likely N-dealkylation sites (tertiary alicyclic amines) is 2. The molecular weight excluding hydrogens is 590 g/mol. The van der Waals surface area contributed by atoms with Crippen molar-refractivity contribution in [3.8, 4) is 5.69 Å². The van der Waals surface area contributed by atoms with Gasteiger partial charge in [-0.3, -0.25) is 19.1 Å². The van der Waals surface area contributed by atoms with Crippen LogP contribution in [0.5, 0.6) is 0 Å². The molecule has 2 atom stereocenters. The Hall–Kier alpha value is -4.67. The maximum Gasteiger partial charge on any atom is 0.262 e. The fourth-order valence-corrected chi connectivity index (χ4v) is 7.38. The Bertz CT molecular complexity index is 1910. The fourth-order valence-electron chi connectivity index (χ4n) is 7.38. The Morgan fingerprint density at radius 3 is 2.32 bits per heavy atom. The molecule has 2 fully saturated rings. The molecular formula is C37H41N7O3. The summed E-state index contributed by atoms with van der Waals surface area (Å²) >= 11 is 0. The van der Waals surface area contributed by atoms with E-state index >= 15 is 0 Å². The minimum absolute atomic E-state index is 0.0451. The quantitative estimate of drug-likeness (QED) is 0.286. The van der Waals surface area contributed by atoms with Crippen LogP contribution in [0.4, 0.5) is 0 Å². The maximum atomic E-state index is 14.1. The van der Waals surface area contributed by atoms with E-state index in [4.69, 9.17) is 0 Å². The van der Waals surface area contributed by atoms with Crippen LogP contribution in [0.25, 0.3) is 16.7 Å². The number of rotatable bonds is 7. The fraction of sp³-hybridized carbons (Fsp3) is 0.378. The van der Waals surface area contributed by atoms with Gasteiger partial charge in [0.2, 0.25) is 5.91 Å². The number of hydrogen-bond donors (Lipinski definition) is 1. The van der Waals surface area contributed by atoms with Crippen LogP contribution in [-0.2, 0) is 17.9 Å². The summed E-state index contributed by atoms with van der Waals surface area (Å²) in [5, 5.41) is 12.1. The molecule has 0 bridgehead atoms. The van der Waals surface area contributed by atoms with Gasteiger partial charge in [-0.2, -0.15) is 0 Å². The lowest BCUT2D eigenvalue weighted by atomic mass is 9.79. The molecule has 0 aliphatic carbocycles. The zero-order valence-electron chi connectivity index (χ0n) is 27.0. The Morgan fingerprint density at radius 1 is 0.936 bits per heavy atom. The zero-order valence-corrected chi connectivity index (χ0v) is 27.0. The second kappa shape index (κ2) is 12.8. The number of carbonyl (C=O) groups is 1. The Kier molecular flexibility index (Phi) is 8.46. The zero-order chi connectivity index (χ0) is 32.5. The molecule has 242 valence electrons. The van der Waals surface area contributed by atoms with Crippen LogP contribution in [0.1, 0.15) is 48.0 Å². The van der Waals surface area contributed by atoms with Crippen LogP contribution >= 0.6 is 0 Å². The van der Waals surface area contributed by atoms with Crippen LogP contribution in [0.15, 0.2) is 90.1 Å². The molecule has 0 saturated carbocycles. The van der Waals surface area contributed by atoms with Gasteiger partial charge in [-0.25, -0.2) is 15.0 Å². The van der Waals surface area contributed by atoms with Crippen LogP contribution < -0.4 is 5.56 Å². The first-order chi connectivity index (χ1) is 22.8. The number of para-hydroxylation sites is 1. The molecule has 10 heteroatoms. The molecule has 1 amide bonds. The molecule has 3 aromatic heterocycles. The number of carbonyl (C=O) groups excluding carboxylic acids is 1. The highest BCUT2D eigenvalue weighted by Gasteiger charge is 2.41. The summed E-state index contributed by atoms with van der Waals surface area (Å²) in [6, 6.07) is 23.9. The predicted molar refractivity (Wildman–Crippen MR) is 180 cm³/mol. The average molecular weight is 632 g/mol. The third kappa shape index (κ3) is 6.48. The third-order valence-electron chi connectivity index (χ3n) is 9.81. The van der Waals surface area contributed by atoms with Crippen molar-refractivity contribution >= 4 is 16.9 Å². The van der Waals surface area contributed by atoms with Gasteiger partial charge in [0.15, 0.2) is 5.65 Å². The van der Waals surface area contributed by atoms with Gasteiger partial charge in [0.1, 0.15) is 12.2 Å². The lowest BCUT2D eigenvalue weighted by Crippen LogP contribution is -2.53. The van der Waals surface area contributed by atoms with Crippen LogP contribution in [-0.4, -0.2) is 76.7 Å². The van der Waals surface area contributed by atoms with Crippen molar-refractivity contribution in [3.05, 3.63) is 118 Å². The Morgan fingerprint density at radius 2 is 1.62 bits per heavy atom. The topological polar surface area (TPSA) is 109 Å². The molecule has 5 heterocycles. The van der Waals surface area contributed by atoms with Crippen LogP contribution in [0.3, 0.4) is 0 Å². The average Bonchev–Trinajstić information content (AvgIpc) is 3.51. The number of fused-ring (bicyclic) bond motifs is 1. The molecule has 10 nitrogen and oxygen atoms in total. The molecule has 2 aromatic carbocycles. The second-order valence-corrected chi connectivity index (χ2v) is 13.2. The summed E-state index contributed by atoms with van der Waals surface area (Å²) in [6.45, 7) is 7.21. The maximum absolute atomic E-state index is 14.1. The van der Waals surface area contributed by atoms with Gasteiger partial charge in [-0.1, -0.05) is 48.5 Å². The van der Waals surface area contributed by atoms with Gasteiger partial charge < -0.3 is 14.6 Å². The number of aryl methyl sites for hydroxylation is 2. The van der Waals surface area contributed by atoms with E-state index in [2.05, 4.69) is 32.0 Å². The van der Waals surface area contributed by atoms with Gasteiger partial charge in [-0.15, -0.1) is 0 Å². The van der Waals surface area contributed by atoms with Crippen molar-refractivity contribution in [1.82, 2.24) is 33.9 Å². The molecule has 2 aliphatic heterocycles. The SMILES string of the molecule is Cc1cc(C)nc(CN2CC[C@@H](C(=O)N3CCC(O)(Cn4cnc5c(ccn5-c5ccccc5)c4=O)CC3)[C@H](c3ccccc3)C2)n1. The highest BCUT2D eigenvalue weighted by molar-refractivity contribution is 5.80. The minimum Gasteiger partial charge on any atom is -0.388 e. The van der Waals surface area contributed by atoms with E-state index in [9.17, 15) is 14.7 Å². The molecule has 47 heavy (non-hydrogen) atoms. The van der Waals surface area contributed by atoms with E-state index in [1.54, 1.807) is 6.07 Å². The summed E-state index contributed by atoms with van der Waals surface area (Å²) in [7, 11) is 0. The third-order valence-corrected chi connectivity index (χ3v) is 9.81. The summed E-state index contributed by atoms with van der Waals surface area (Å²) in [5.74, 6) is 0.856. The van der Waals surface area contributed by atoms with Gasteiger partial charge in [0.05, 0.1) is 24.1 Å². The molecule has 1 N–H and O–H groups in total. The highest BCUT2D eigenvalue weighted by Crippen LogP contribution is 2.36. The van der Waals surface area contributed by atoms with Crippen molar-refractivity contribution < 1.29 is 9.90 Å². The number of piperidine rings is 2. The Labute approximate surface area is 274 Å². The van der Waals surface area contributed by atoms with Crippen molar-refractivity contribution in [2.45, 2.75) is 57.7 Å². The lowest BCUT2D eigenvalue weighted by Gasteiger charge is -2.43. The summed E-state index contributed by atoms with van der Waals surface area (Å²) < 4.78 is 3.40. The normalized spacial score (nSPS) is 20.0. The number of aromatic nitrogens is 5. The number of benzene rings is 2. The van der Waals surface area contributed by atoms with E-state index in [1.807, 2.05) is 84.1 Å². The number of aliphatic hydroxyl groups is 1. The Balaban J connectivity index is 1.03. The monoisotopic (exact) mass is 631 g/mol. The van der Waals surface area contributed by atoms with E-state index in [-0.39, 0.29) is 29.8 Å². The van der Waals surface area contributed by atoms with E-state index in [1.165, 1.54) is 10.9 Å². The largest absolute Gasteiger partial charge is 0.388 e. The number of amides is 1. The number of nitrogens with zero attached hydrogens (tertiary/aromatic N) is 7. The summed E-state index contributed by atoms with van der Waals surface area (Å²) in [5.41, 5.74) is 3.32. The molecule has 2 saturated heterocycles. The van der Waals surface area contributed by atoms with Crippen molar-refractivity contribution in [2.75, 3.05) is 26.2 Å². The summed E-state index contributed by atoms with van der Waals surface area (Å²) in [4.78, 5) is 45.7. The molecule has 5 aromatic rings. The van der Waals surface area contributed by atoms with Crippen molar-refractivity contribution in [2.24, 2.45) is 5.92 Å². The lowest BCUT2D eigenvalue weighted by molar-refractivity contribution is -0.142. The van der Waals surface area contributed by atoms with Gasteiger partial charge in [0, 0.05) is 54.7 Å². The van der Waals surface area contributed by atoms with E-state index in [0.717, 1.165) is 48.0 Å². The molecule has 0 radical (unpaired) electrons. The molecule has 7 rings (SSSR count). The van der Waals surface area contributed by atoms with Crippen molar-refractivity contribution in [3.63, 3.8) is 0 Å². The van der Waals surface area contributed by atoms with E-state index in [0.29, 0.717) is 43.5 Å². The molecule has 2 aliphatic rings. The first-order valence-electron chi connectivity index (χ1n) is 16.5. The first-order valence-corrected chi connectivity index (χ1v) is 16.5. The second-order valence-electron chi connectivity index (χ2n) is 13.2. The predicted octanol–water partition coefficient (Wildman–Crippen LogP) is 4.25. The molecule has 0 spiro atoms. The van der Waals surface area contributed by atoms with Crippen molar-refractivity contribution in [1.29, 1.82) is 0 Å². The van der Waals surface area contributed by atoms with Crippen LogP contribution in [0, 0.1) is 19.8 Å². The van der Waals surface area contributed by atoms with Gasteiger partial charge in [-0.05, 0) is 69.5 Å². The standard InChI is InChI=1S/C37H41N7O3/c1-26-21-27(2)40-33(39-26)23-41-17-13-30(32(22-41)28-9-5-3-6-10-28)35(45)42-19-15-37(47,16-20-42)24-43-25-38-34-31(36(43)46)14-18-44(34)29-11-7-4-8-12-29/h3-12,14,18,21,25,30,32,47H,13,15-17,19-20,22-24H2,1-2H3/t30-,32+/m1/s1. The van der Waals surface area contributed by atoms with E-state index < -0.39 is 5.60 Å². The number of hydrogen-bond acceptors (Lipinski definition) is 7.